The molecule has 0 aliphatic carbocycles. The second-order valence-electron chi connectivity index (χ2n) is 6.62. The molecule has 1 aliphatic heterocycles. The van der Waals surface area contributed by atoms with Crippen molar-refractivity contribution in [2.75, 3.05) is 13.1 Å². The van der Waals surface area contributed by atoms with Crippen molar-refractivity contribution in [2.45, 2.75) is 32.4 Å². The van der Waals surface area contributed by atoms with Gasteiger partial charge in [0.15, 0.2) is 0 Å². The molecule has 0 radical (unpaired) electrons. The van der Waals surface area contributed by atoms with E-state index in [-0.39, 0.29) is 17.6 Å². The number of nitrogens with zero attached hydrogens (tertiary/aromatic N) is 2. The molecule has 0 bridgehead atoms. The lowest BCUT2D eigenvalue weighted by Gasteiger charge is -2.35. The highest BCUT2D eigenvalue weighted by Gasteiger charge is 2.27. The zero-order valence-electron chi connectivity index (χ0n) is 14.5. The standard InChI is InChI=1S/C20H24FN3O/c1-15(18-5-3-9-22-14-18)24-10-7-17(8-11-24)20(25)23-13-16-4-2-6-19(21)12-16/h2-6,9,12,14-15,17H,7-8,10-11,13H2,1H3,(H,23,25). The van der Waals surface area contributed by atoms with E-state index in [1.165, 1.54) is 17.7 Å². The van der Waals surface area contributed by atoms with Gasteiger partial charge in [0.25, 0.3) is 0 Å². The number of aromatic nitrogens is 1. The molecule has 1 amide bonds. The Balaban J connectivity index is 1.47. The van der Waals surface area contributed by atoms with E-state index in [4.69, 9.17) is 0 Å². The maximum Gasteiger partial charge on any atom is 0.223 e. The lowest BCUT2D eigenvalue weighted by atomic mass is 9.94. The summed E-state index contributed by atoms with van der Waals surface area (Å²) in [6.07, 6.45) is 5.38. The van der Waals surface area contributed by atoms with Gasteiger partial charge in [0, 0.05) is 30.9 Å². The van der Waals surface area contributed by atoms with E-state index in [0.29, 0.717) is 12.6 Å². The van der Waals surface area contributed by atoms with Gasteiger partial charge in [-0.05, 0) is 62.2 Å². The molecular formula is C20H24FN3O. The minimum atomic E-state index is -0.274. The number of carbonyl (C=O) groups excluding carboxylic acids is 1. The topological polar surface area (TPSA) is 45.2 Å². The SMILES string of the molecule is CC(c1cccnc1)N1CCC(C(=O)NCc2cccc(F)c2)CC1. The summed E-state index contributed by atoms with van der Waals surface area (Å²) in [6, 6.07) is 10.7. The molecule has 1 saturated heterocycles. The smallest absolute Gasteiger partial charge is 0.223 e. The second-order valence-corrected chi connectivity index (χ2v) is 6.62. The van der Waals surface area contributed by atoms with Crippen molar-refractivity contribution < 1.29 is 9.18 Å². The molecule has 5 heteroatoms. The Morgan fingerprint density at radius 3 is 2.80 bits per heavy atom. The number of nitrogens with one attached hydrogen (secondary N) is 1. The van der Waals surface area contributed by atoms with Crippen LogP contribution in [0.2, 0.25) is 0 Å². The van der Waals surface area contributed by atoms with Gasteiger partial charge in [-0.3, -0.25) is 14.7 Å². The summed E-state index contributed by atoms with van der Waals surface area (Å²) < 4.78 is 13.2. The van der Waals surface area contributed by atoms with Crippen LogP contribution < -0.4 is 5.32 Å². The maximum absolute atomic E-state index is 13.2. The second kappa shape index (κ2) is 8.21. The summed E-state index contributed by atoms with van der Waals surface area (Å²) in [4.78, 5) is 19.0. The first-order valence-corrected chi connectivity index (χ1v) is 8.79. The normalized spacial score (nSPS) is 17.2. The van der Waals surface area contributed by atoms with Gasteiger partial charge in [-0.25, -0.2) is 4.39 Å². The Hall–Kier alpha value is -2.27. The molecule has 1 fully saturated rings. The van der Waals surface area contributed by atoms with E-state index in [1.54, 1.807) is 12.3 Å². The highest BCUT2D eigenvalue weighted by Crippen LogP contribution is 2.26. The van der Waals surface area contributed by atoms with Crippen LogP contribution in [0.1, 0.15) is 36.9 Å². The molecule has 1 aromatic carbocycles. The minimum Gasteiger partial charge on any atom is -0.352 e. The Morgan fingerprint density at radius 1 is 1.32 bits per heavy atom. The molecule has 1 aliphatic rings. The summed E-state index contributed by atoms with van der Waals surface area (Å²) in [5.41, 5.74) is 1.99. The van der Waals surface area contributed by atoms with Gasteiger partial charge in [0.2, 0.25) is 5.91 Å². The molecular weight excluding hydrogens is 317 g/mol. The van der Waals surface area contributed by atoms with Crippen molar-refractivity contribution >= 4 is 5.91 Å². The van der Waals surface area contributed by atoms with Crippen LogP contribution in [0.3, 0.4) is 0 Å². The fourth-order valence-corrected chi connectivity index (χ4v) is 3.36. The molecule has 2 aromatic rings. The van der Waals surface area contributed by atoms with Crippen LogP contribution in [0, 0.1) is 11.7 Å². The van der Waals surface area contributed by atoms with Crippen LogP contribution >= 0.6 is 0 Å². The van der Waals surface area contributed by atoms with Gasteiger partial charge in [-0.2, -0.15) is 0 Å². The van der Waals surface area contributed by atoms with Gasteiger partial charge < -0.3 is 5.32 Å². The quantitative estimate of drug-likeness (QED) is 0.907. The number of hydrogen-bond acceptors (Lipinski definition) is 3. The van der Waals surface area contributed by atoms with Crippen LogP contribution in [-0.2, 0) is 11.3 Å². The van der Waals surface area contributed by atoms with Crippen LogP contribution in [0.25, 0.3) is 0 Å². The number of pyridine rings is 1. The summed E-state index contributed by atoms with van der Waals surface area (Å²) in [5, 5.41) is 2.94. The van der Waals surface area contributed by atoms with Gasteiger partial charge in [-0.1, -0.05) is 18.2 Å². The fraction of sp³-hybridized carbons (Fsp3) is 0.400. The number of piperidine rings is 1. The predicted octanol–water partition coefficient (Wildman–Crippen LogP) is 3.31. The summed E-state index contributed by atoms with van der Waals surface area (Å²) in [7, 11) is 0. The first-order chi connectivity index (χ1) is 12.1. The number of halogens is 1. The fourth-order valence-electron chi connectivity index (χ4n) is 3.36. The van der Waals surface area contributed by atoms with Crippen molar-refractivity contribution in [1.29, 1.82) is 0 Å². The van der Waals surface area contributed by atoms with Gasteiger partial charge in [0.1, 0.15) is 5.82 Å². The molecule has 2 heterocycles. The summed E-state index contributed by atoms with van der Waals surface area (Å²) in [6.45, 7) is 4.35. The average molecular weight is 341 g/mol. The van der Waals surface area contributed by atoms with Gasteiger partial charge in [0.05, 0.1) is 0 Å². The van der Waals surface area contributed by atoms with Crippen molar-refractivity contribution in [3.63, 3.8) is 0 Å². The zero-order valence-corrected chi connectivity index (χ0v) is 14.5. The molecule has 0 spiro atoms. The number of likely N-dealkylation sites (tertiary alicyclic amines) is 1. The molecule has 1 unspecified atom stereocenters. The van der Waals surface area contributed by atoms with Crippen LogP contribution in [0.4, 0.5) is 4.39 Å². The molecule has 1 atom stereocenters. The van der Waals surface area contributed by atoms with Crippen molar-refractivity contribution in [1.82, 2.24) is 15.2 Å². The number of rotatable bonds is 5. The third-order valence-electron chi connectivity index (χ3n) is 4.97. The molecule has 25 heavy (non-hydrogen) atoms. The van der Waals surface area contributed by atoms with E-state index in [0.717, 1.165) is 31.5 Å². The van der Waals surface area contributed by atoms with E-state index in [2.05, 4.69) is 28.2 Å². The zero-order chi connectivity index (χ0) is 17.6. The molecule has 132 valence electrons. The number of amides is 1. The van der Waals surface area contributed by atoms with E-state index >= 15 is 0 Å². The maximum atomic E-state index is 13.2. The Bertz CT molecular complexity index is 699. The van der Waals surface area contributed by atoms with Gasteiger partial charge >= 0.3 is 0 Å². The molecule has 4 nitrogen and oxygen atoms in total. The van der Waals surface area contributed by atoms with Crippen LogP contribution in [-0.4, -0.2) is 28.9 Å². The van der Waals surface area contributed by atoms with Crippen LogP contribution in [0.5, 0.6) is 0 Å². The van der Waals surface area contributed by atoms with Gasteiger partial charge in [-0.15, -0.1) is 0 Å². The lowest BCUT2D eigenvalue weighted by Crippen LogP contribution is -2.41. The number of hydrogen-bond donors (Lipinski definition) is 1. The largest absolute Gasteiger partial charge is 0.352 e. The number of carbonyl (C=O) groups is 1. The Labute approximate surface area is 148 Å². The molecule has 1 N–H and O–H groups in total. The predicted molar refractivity (Wildman–Crippen MR) is 95.2 cm³/mol. The summed E-state index contributed by atoms with van der Waals surface area (Å²) >= 11 is 0. The molecule has 3 rings (SSSR count). The monoisotopic (exact) mass is 341 g/mol. The molecule has 0 saturated carbocycles. The summed E-state index contributed by atoms with van der Waals surface area (Å²) in [5.74, 6) is -0.173. The minimum absolute atomic E-state index is 0.0332. The first kappa shape index (κ1) is 17.5. The first-order valence-electron chi connectivity index (χ1n) is 8.79. The average Bonchev–Trinajstić information content (AvgIpc) is 2.66. The highest BCUT2D eigenvalue weighted by atomic mass is 19.1. The number of benzene rings is 1. The van der Waals surface area contributed by atoms with Crippen molar-refractivity contribution in [3.05, 3.63) is 65.7 Å². The van der Waals surface area contributed by atoms with Crippen molar-refractivity contribution in [2.24, 2.45) is 5.92 Å². The van der Waals surface area contributed by atoms with Crippen LogP contribution in [0.15, 0.2) is 48.8 Å². The third kappa shape index (κ3) is 4.63. The Kier molecular flexibility index (Phi) is 5.76. The third-order valence-corrected chi connectivity index (χ3v) is 4.97. The lowest BCUT2D eigenvalue weighted by molar-refractivity contribution is -0.126. The highest BCUT2D eigenvalue weighted by molar-refractivity contribution is 5.78. The molecule has 1 aromatic heterocycles. The van der Waals surface area contributed by atoms with Crippen molar-refractivity contribution in [3.8, 4) is 0 Å². The van der Waals surface area contributed by atoms with E-state index < -0.39 is 0 Å². The van der Waals surface area contributed by atoms with E-state index in [1.807, 2.05) is 18.3 Å². The van der Waals surface area contributed by atoms with E-state index in [9.17, 15) is 9.18 Å². The Morgan fingerprint density at radius 2 is 2.12 bits per heavy atom.